The molecular formula is C16H11F3N4O2S. The predicted molar refractivity (Wildman–Crippen MR) is 89.7 cm³/mol. The van der Waals surface area contributed by atoms with Gasteiger partial charge in [0.15, 0.2) is 0 Å². The van der Waals surface area contributed by atoms with Crippen molar-refractivity contribution in [1.29, 1.82) is 0 Å². The Labute approximate surface area is 148 Å². The average Bonchev–Trinajstić information content (AvgIpc) is 3.05. The predicted octanol–water partition coefficient (Wildman–Crippen LogP) is 3.02. The van der Waals surface area contributed by atoms with Crippen molar-refractivity contribution in [1.82, 2.24) is 14.8 Å². The molecule has 6 nitrogen and oxygen atoms in total. The zero-order chi connectivity index (χ0) is 18.7. The second kappa shape index (κ2) is 7.08. The molecule has 0 aliphatic rings. The summed E-state index contributed by atoms with van der Waals surface area (Å²) in [5, 5.41) is 11.0. The van der Waals surface area contributed by atoms with E-state index in [4.69, 9.17) is 0 Å². The van der Waals surface area contributed by atoms with E-state index in [-0.39, 0.29) is 5.13 Å². The fraction of sp³-hybridized carbons (Fsp3) is 0.125. The summed E-state index contributed by atoms with van der Waals surface area (Å²) in [6.45, 7) is -0.566. The van der Waals surface area contributed by atoms with Crippen LogP contribution in [0.2, 0.25) is 0 Å². The number of pyridine rings is 1. The Morgan fingerprint density at radius 3 is 2.54 bits per heavy atom. The topological polar surface area (TPSA) is 76.9 Å². The number of carbonyl (C=O) groups is 1. The van der Waals surface area contributed by atoms with E-state index in [0.717, 1.165) is 23.0 Å². The summed E-state index contributed by atoms with van der Waals surface area (Å²) in [6.07, 6.45) is -3.99. The van der Waals surface area contributed by atoms with Crippen molar-refractivity contribution in [2.24, 2.45) is 0 Å². The summed E-state index contributed by atoms with van der Waals surface area (Å²) in [6, 6.07) is 10.6. The molecule has 134 valence electrons. The van der Waals surface area contributed by atoms with Crippen LogP contribution in [0, 0.1) is 0 Å². The molecule has 0 saturated heterocycles. The van der Waals surface area contributed by atoms with Gasteiger partial charge in [0.25, 0.3) is 5.56 Å². The minimum atomic E-state index is -4.60. The van der Waals surface area contributed by atoms with Crippen molar-refractivity contribution in [2.75, 3.05) is 5.32 Å². The number of alkyl halides is 3. The van der Waals surface area contributed by atoms with Gasteiger partial charge in [-0.3, -0.25) is 14.9 Å². The maximum absolute atomic E-state index is 12.7. The largest absolute Gasteiger partial charge is 0.417 e. The van der Waals surface area contributed by atoms with E-state index in [9.17, 15) is 22.8 Å². The fourth-order valence-corrected chi connectivity index (χ4v) is 2.87. The van der Waals surface area contributed by atoms with E-state index in [1.54, 1.807) is 0 Å². The molecule has 1 amide bonds. The van der Waals surface area contributed by atoms with E-state index in [1.165, 1.54) is 0 Å². The molecule has 0 bridgehead atoms. The van der Waals surface area contributed by atoms with Gasteiger partial charge >= 0.3 is 6.18 Å². The molecule has 0 fully saturated rings. The molecule has 0 saturated carbocycles. The van der Waals surface area contributed by atoms with Gasteiger partial charge in [0.05, 0.1) is 5.56 Å². The zero-order valence-electron chi connectivity index (χ0n) is 13.0. The molecule has 2 heterocycles. The van der Waals surface area contributed by atoms with Gasteiger partial charge in [-0.15, -0.1) is 10.2 Å². The van der Waals surface area contributed by atoms with Crippen LogP contribution in [0.4, 0.5) is 18.3 Å². The van der Waals surface area contributed by atoms with Crippen LogP contribution in [0.5, 0.6) is 0 Å². The van der Waals surface area contributed by atoms with Gasteiger partial charge in [-0.2, -0.15) is 13.2 Å². The number of aromatic nitrogens is 3. The summed E-state index contributed by atoms with van der Waals surface area (Å²) in [4.78, 5) is 23.7. The summed E-state index contributed by atoms with van der Waals surface area (Å²) >= 11 is 1.11. The van der Waals surface area contributed by atoms with Gasteiger partial charge in [-0.25, -0.2) is 0 Å². The van der Waals surface area contributed by atoms with Crippen LogP contribution in [0.3, 0.4) is 0 Å². The first kappa shape index (κ1) is 17.8. The van der Waals surface area contributed by atoms with E-state index < -0.39 is 29.8 Å². The number of rotatable bonds is 4. The molecule has 0 unspecified atom stereocenters. The molecule has 0 atom stereocenters. The lowest BCUT2D eigenvalue weighted by atomic mass is 10.2. The van der Waals surface area contributed by atoms with Gasteiger partial charge in [0, 0.05) is 17.8 Å². The average molecular weight is 380 g/mol. The third-order valence-corrected chi connectivity index (χ3v) is 4.20. The molecule has 10 heteroatoms. The SMILES string of the molecule is O=C(Cn1cc(C(F)(F)F)ccc1=O)Nc1nnc(-c2ccccc2)s1. The lowest BCUT2D eigenvalue weighted by molar-refractivity contribution is -0.138. The molecule has 1 N–H and O–H groups in total. The minimum Gasteiger partial charge on any atom is -0.305 e. The number of nitrogens with zero attached hydrogens (tertiary/aromatic N) is 3. The maximum Gasteiger partial charge on any atom is 0.417 e. The number of nitrogens with one attached hydrogen (secondary N) is 1. The number of amides is 1. The van der Waals surface area contributed by atoms with E-state index in [0.29, 0.717) is 21.8 Å². The van der Waals surface area contributed by atoms with E-state index >= 15 is 0 Å². The summed E-state index contributed by atoms with van der Waals surface area (Å²) < 4.78 is 38.8. The minimum absolute atomic E-state index is 0.189. The van der Waals surface area contributed by atoms with E-state index in [2.05, 4.69) is 15.5 Å². The molecule has 3 rings (SSSR count). The van der Waals surface area contributed by atoms with Crippen LogP contribution < -0.4 is 10.9 Å². The Kier molecular flexibility index (Phi) is 4.85. The van der Waals surface area contributed by atoms with Crippen molar-refractivity contribution < 1.29 is 18.0 Å². The third-order valence-electron chi connectivity index (χ3n) is 3.32. The van der Waals surface area contributed by atoms with Crippen molar-refractivity contribution in [2.45, 2.75) is 12.7 Å². The highest BCUT2D eigenvalue weighted by Gasteiger charge is 2.31. The number of carbonyl (C=O) groups excluding carboxylic acids is 1. The molecule has 3 aromatic rings. The van der Waals surface area contributed by atoms with Crippen molar-refractivity contribution in [3.05, 3.63) is 64.6 Å². The van der Waals surface area contributed by atoms with Gasteiger partial charge in [-0.05, 0) is 6.07 Å². The summed E-state index contributed by atoms with van der Waals surface area (Å²) in [5.41, 5.74) is -0.901. The second-order valence-corrected chi connectivity index (χ2v) is 6.19. The molecular weight excluding hydrogens is 369 g/mol. The van der Waals surface area contributed by atoms with Crippen molar-refractivity contribution in [3.63, 3.8) is 0 Å². The molecule has 2 aromatic heterocycles. The highest BCUT2D eigenvalue weighted by Crippen LogP contribution is 2.28. The Bertz CT molecular complexity index is 983. The molecule has 0 spiro atoms. The van der Waals surface area contributed by atoms with Gasteiger partial charge in [0.2, 0.25) is 11.0 Å². The lowest BCUT2D eigenvalue weighted by Crippen LogP contribution is -2.28. The summed E-state index contributed by atoms with van der Waals surface area (Å²) in [7, 11) is 0. The Balaban J connectivity index is 1.72. The molecule has 26 heavy (non-hydrogen) atoms. The lowest BCUT2D eigenvalue weighted by Gasteiger charge is -2.10. The summed E-state index contributed by atoms with van der Waals surface area (Å²) in [5.74, 6) is -0.679. The quantitative estimate of drug-likeness (QED) is 0.755. The highest BCUT2D eigenvalue weighted by molar-refractivity contribution is 7.18. The molecule has 0 radical (unpaired) electrons. The first-order chi connectivity index (χ1) is 12.3. The zero-order valence-corrected chi connectivity index (χ0v) is 13.8. The second-order valence-electron chi connectivity index (χ2n) is 5.21. The highest BCUT2D eigenvalue weighted by atomic mass is 32.1. The monoisotopic (exact) mass is 380 g/mol. The Morgan fingerprint density at radius 2 is 1.85 bits per heavy atom. The van der Waals surface area contributed by atoms with Crippen molar-refractivity contribution >= 4 is 22.4 Å². The van der Waals surface area contributed by atoms with Gasteiger partial charge < -0.3 is 4.57 Å². The third kappa shape index (κ3) is 4.14. The van der Waals surface area contributed by atoms with Crippen molar-refractivity contribution in [3.8, 4) is 10.6 Å². The Morgan fingerprint density at radius 1 is 1.12 bits per heavy atom. The van der Waals surface area contributed by atoms with Crippen LogP contribution in [-0.4, -0.2) is 20.7 Å². The van der Waals surface area contributed by atoms with Gasteiger partial charge in [0.1, 0.15) is 11.6 Å². The van der Waals surface area contributed by atoms with Crippen LogP contribution in [0.15, 0.2) is 53.5 Å². The fourth-order valence-electron chi connectivity index (χ4n) is 2.11. The first-order valence-corrected chi connectivity index (χ1v) is 8.11. The molecule has 1 aromatic carbocycles. The maximum atomic E-state index is 12.7. The normalized spacial score (nSPS) is 11.3. The van der Waals surface area contributed by atoms with E-state index in [1.807, 2.05) is 30.3 Å². The van der Waals surface area contributed by atoms with Crippen LogP contribution >= 0.6 is 11.3 Å². The Hall–Kier alpha value is -3.01. The van der Waals surface area contributed by atoms with Gasteiger partial charge in [-0.1, -0.05) is 41.7 Å². The van der Waals surface area contributed by atoms with Crippen LogP contribution in [0.1, 0.15) is 5.56 Å². The number of hydrogen-bond donors (Lipinski definition) is 1. The standard InChI is InChI=1S/C16H11F3N4O2S/c17-16(18,19)11-6-7-13(25)23(8-11)9-12(24)20-15-22-21-14(26-15)10-4-2-1-3-5-10/h1-8H,9H2,(H,20,22,24). The van der Waals surface area contributed by atoms with Crippen LogP contribution in [0.25, 0.3) is 10.6 Å². The number of hydrogen-bond acceptors (Lipinski definition) is 5. The number of halogens is 3. The number of anilines is 1. The molecule has 0 aliphatic heterocycles. The number of benzene rings is 1. The first-order valence-electron chi connectivity index (χ1n) is 7.29. The molecule has 0 aliphatic carbocycles. The van der Waals surface area contributed by atoms with Crippen LogP contribution in [-0.2, 0) is 17.5 Å². The smallest absolute Gasteiger partial charge is 0.305 e.